The molecular formula is C12H22NO2. The molecule has 87 valence electrons. The summed E-state index contributed by atoms with van der Waals surface area (Å²) in [5.74, 6) is -1.58. The lowest BCUT2D eigenvalue weighted by molar-refractivity contribution is -0.136. The van der Waals surface area contributed by atoms with Crippen LogP contribution in [0.5, 0.6) is 0 Å². The van der Waals surface area contributed by atoms with Gasteiger partial charge in [0.25, 0.3) is 0 Å². The van der Waals surface area contributed by atoms with Gasteiger partial charge < -0.3 is 0 Å². The molecule has 0 aromatic carbocycles. The van der Waals surface area contributed by atoms with E-state index in [0.717, 1.165) is 19.3 Å². The SMILES string of the molecule is CCCCCCCCCCC(=O)C([NH])=O. The number of ketones is 1. The number of unbranched alkanes of at least 4 members (excludes halogenated alkanes) is 7. The van der Waals surface area contributed by atoms with Crippen LogP contribution in [0.25, 0.3) is 0 Å². The summed E-state index contributed by atoms with van der Waals surface area (Å²) in [7, 11) is 0. The summed E-state index contributed by atoms with van der Waals surface area (Å²) in [6.45, 7) is 2.20. The van der Waals surface area contributed by atoms with Gasteiger partial charge in [-0.2, -0.15) is 0 Å². The summed E-state index contributed by atoms with van der Waals surface area (Å²) in [5.41, 5.74) is 6.59. The van der Waals surface area contributed by atoms with E-state index in [1.54, 1.807) is 0 Å². The van der Waals surface area contributed by atoms with Gasteiger partial charge in [0.05, 0.1) is 0 Å². The van der Waals surface area contributed by atoms with E-state index in [9.17, 15) is 9.59 Å². The number of rotatable bonds is 10. The first-order valence-electron chi connectivity index (χ1n) is 5.97. The molecule has 0 unspecified atom stereocenters. The highest BCUT2D eigenvalue weighted by Crippen LogP contribution is 2.09. The Labute approximate surface area is 92.4 Å². The molecule has 0 rings (SSSR count). The Balaban J connectivity index is 3.11. The van der Waals surface area contributed by atoms with Gasteiger partial charge in [-0.3, -0.25) is 15.3 Å². The van der Waals surface area contributed by atoms with Crippen LogP contribution in [0.4, 0.5) is 0 Å². The average molecular weight is 212 g/mol. The first-order valence-corrected chi connectivity index (χ1v) is 5.97. The van der Waals surface area contributed by atoms with E-state index >= 15 is 0 Å². The Morgan fingerprint density at radius 1 is 0.867 bits per heavy atom. The summed E-state index contributed by atoms with van der Waals surface area (Å²) in [5, 5.41) is 0. The molecule has 0 saturated carbocycles. The number of carbonyl (C=O) groups excluding carboxylic acids is 2. The van der Waals surface area contributed by atoms with Crippen LogP contribution in [0.3, 0.4) is 0 Å². The maximum atomic E-state index is 10.8. The van der Waals surface area contributed by atoms with Crippen LogP contribution < -0.4 is 5.73 Å². The van der Waals surface area contributed by atoms with Crippen LogP contribution in [0.1, 0.15) is 64.7 Å². The highest BCUT2D eigenvalue weighted by Gasteiger charge is 2.08. The largest absolute Gasteiger partial charge is 0.305 e. The summed E-state index contributed by atoms with van der Waals surface area (Å²) in [4.78, 5) is 21.1. The number of hydrogen-bond acceptors (Lipinski definition) is 2. The van der Waals surface area contributed by atoms with E-state index in [1.165, 1.54) is 32.1 Å². The minimum absolute atomic E-state index is 0.261. The molecule has 1 radical (unpaired) electrons. The van der Waals surface area contributed by atoms with Gasteiger partial charge in [0, 0.05) is 6.42 Å². The second-order valence-corrected chi connectivity index (χ2v) is 3.98. The zero-order chi connectivity index (χ0) is 11.5. The van der Waals surface area contributed by atoms with E-state index in [0.29, 0.717) is 0 Å². The van der Waals surface area contributed by atoms with Crippen molar-refractivity contribution < 1.29 is 9.59 Å². The van der Waals surface area contributed by atoms with Crippen molar-refractivity contribution in [3.8, 4) is 0 Å². The Hall–Kier alpha value is -0.860. The predicted octanol–water partition coefficient (Wildman–Crippen LogP) is 2.90. The molecular weight excluding hydrogens is 190 g/mol. The molecule has 0 bridgehead atoms. The molecule has 0 fully saturated rings. The fourth-order valence-electron chi connectivity index (χ4n) is 1.53. The van der Waals surface area contributed by atoms with Gasteiger partial charge in [-0.1, -0.05) is 51.9 Å². The molecule has 0 aromatic heterocycles. The van der Waals surface area contributed by atoms with Gasteiger partial charge in [-0.05, 0) is 6.42 Å². The molecule has 1 amide bonds. The van der Waals surface area contributed by atoms with Crippen LogP contribution in [0.15, 0.2) is 0 Å². The number of nitrogens with one attached hydrogen (secondary N) is 1. The third-order valence-corrected chi connectivity index (χ3v) is 2.51. The minimum atomic E-state index is -1.04. The van der Waals surface area contributed by atoms with E-state index in [2.05, 4.69) is 6.92 Å². The zero-order valence-electron chi connectivity index (χ0n) is 9.68. The number of carbonyl (C=O) groups is 2. The lowest BCUT2D eigenvalue weighted by Crippen LogP contribution is -2.13. The maximum Gasteiger partial charge on any atom is 0.305 e. The summed E-state index contributed by atoms with van der Waals surface area (Å²) < 4.78 is 0. The molecule has 0 saturated heterocycles. The Kier molecular flexibility index (Phi) is 9.13. The molecule has 0 spiro atoms. The van der Waals surface area contributed by atoms with Gasteiger partial charge in [-0.15, -0.1) is 0 Å². The van der Waals surface area contributed by atoms with Crippen LogP contribution >= 0.6 is 0 Å². The molecule has 0 aliphatic rings. The van der Waals surface area contributed by atoms with Crippen LogP contribution in [0.2, 0.25) is 0 Å². The van der Waals surface area contributed by atoms with Gasteiger partial charge in [0.15, 0.2) is 0 Å². The molecule has 3 nitrogen and oxygen atoms in total. The van der Waals surface area contributed by atoms with E-state index in [4.69, 9.17) is 5.73 Å². The highest BCUT2D eigenvalue weighted by atomic mass is 16.2. The molecule has 0 heterocycles. The zero-order valence-corrected chi connectivity index (χ0v) is 9.68. The van der Waals surface area contributed by atoms with Crippen molar-refractivity contribution in [3.05, 3.63) is 0 Å². The number of Topliss-reactive ketones (excluding diaryl/α,β-unsaturated/α-hetero) is 1. The molecule has 0 aliphatic heterocycles. The normalized spacial score (nSPS) is 10.2. The van der Waals surface area contributed by atoms with Crippen molar-refractivity contribution in [2.24, 2.45) is 0 Å². The average Bonchev–Trinajstić information content (AvgIpc) is 2.21. The summed E-state index contributed by atoms with van der Waals surface area (Å²) in [6, 6.07) is 0. The summed E-state index contributed by atoms with van der Waals surface area (Å²) >= 11 is 0. The first kappa shape index (κ1) is 14.1. The fourth-order valence-corrected chi connectivity index (χ4v) is 1.53. The molecule has 3 heteroatoms. The van der Waals surface area contributed by atoms with E-state index < -0.39 is 11.7 Å². The fraction of sp³-hybridized carbons (Fsp3) is 0.833. The molecule has 0 atom stereocenters. The lowest BCUT2D eigenvalue weighted by Gasteiger charge is -2.00. The Morgan fingerprint density at radius 3 is 1.80 bits per heavy atom. The molecule has 15 heavy (non-hydrogen) atoms. The van der Waals surface area contributed by atoms with Gasteiger partial charge in [0.1, 0.15) is 0 Å². The third kappa shape index (κ3) is 9.44. The van der Waals surface area contributed by atoms with Gasteiger partial charge in [-0.25, -0.2) is 0 Å². The van der Waals surface area contributed by atoms with Crippen molar-refractivity contribution in [2.75, 3.05) is 0 Å². The monoisotopic (exact) mass is 212 g/mol. The molecule has 0 aliphatic carbocycles. The first-order chi connectivity index (χ1) is 7.18. The van der Waals surface area contributed by atoms with Crippen molar-refractivity contribution in [2.45, 2.75) is 64.7 Å². The standard InChI is InChI=1S/C12H22NO2/c1-2-3-4-5-6-7-8-9-10-11(14)12(13)15/h13H,2-10H2,1H3. The number of amides is 1. The van der Waals surface area contributed by atoms with Crippen molar-refractivity contribution in [1.82, 2.24) is 5.73 Å². The number of hydrogen-bond donors (Lipinski definition) is 0. The predicted molar refractivity (Wildman–Crippen MR) is 60.3 cm³/mol. The minimum Gasteiger partial charge on any atom is -0.289 e. The summed E-state index contributed by atoms with van der Waals surface area (Å²) in [6.07, 6.45) is 9.55. The second-order valence-electron chi connectivity index (χ2n) is 3.98. The Bertz CT molecular complexity index is 190. The third-order valence-electron chi connectivity index (χ3n) is 2.51. The van der Waals surface area contributed by atoms with Crippen LogP contribution in [-0.2, 0) is 9.59 Å². The maximum absolute atomic E-state index is 10.8. The highest BCUT2D eigenvalue weighted by molar-refractivity contribution is 6.35. The quantitative estimate of drug-likeness (QED) is 0.413. The Morgan fingerprint density at radius 2 is 1.33 bits per heavy atom. The van der Waals surface area contributed by atoms with Crippen LogP contribution in [0, 0.1) is 0 Å². The second kappa shape index (κ2) is 9.69. The lowest BCUT2D eigenvalue weighted by atomic mass is 10.1. The smallest absolute Gasteiger partial charge is 0.289 e. The van der Waals surface area contributed by atoms with Crippen molar-refractivity contribution in [1.29, 1.82) is 0 Å². The van der Waals surface area contributed by atoms with E-state index in [-0.39, 0.29) is 6.42 Å². The van der Waals surface area contributed by atoms with Crippen molar-refractivity contribution in [3.63, 3.8) is 0 Å². The van der Waals surface area contributed by atoms with Gasteiger partial charge >= 0.3 is 5.91 Å². The van der Waals surface area contributed by atoms with Crippen LogP contribution in [-0.4, -0.2) is 11.7 Å². The van der Waals surface area contributed by atoms with Gasteiger partial charge in [0.2, 0.25) is 5.78 Å². The molecule has 1 N–H and O–H groups in total. The van der Waals surface area contributed by atoms with Crippen molar-refractivity contribution >= 4 is 11.7 Å². The van der Waals surface area contributed by atoms with E-state index in [1.807, 2.05) is 0 Å². The topological polar surface area (TPSA) is 57.9 Å². The molecule has 0 aromatic rings.